The molecule has 4 heteroatoms. The lowest BCUT2D eigenvalue weighted by molar-refractivity contribution is 0.341. The van der Waals surface area contributed by atoms with Gasteiger partial charge in [-0.3, -0.25) is 0 Å². The maximum atomic E-state index is 6.13. The number of aryl methyl sites for hydroxylation is 1. The van der Waals surface area contributed by atoms with Crippen molar-refractivity contribution in [3.63, 3.8) is 0 Å². The van der Waals surface area contributed by atoms with Gasteiger partial charge in [-0.2, -0.15) is 4.98 Å². The van der Waals surface area contributed by atoms with Gasteiger partial charge in [0.2, 0.25) is 5.89 Å². The van der Waals surface area contributed by atoms with E-state index in [0.29, 0.717) is 17.6 Å². The lowest BCUT2D eigenvalue weighted by Crippen LogP contribution is -2.36. The van der Waals surface area contributed by atoms with Gasteiger partial charge in [-0.15, -0.1) is 0 Å². The summed E-state index contributed by atoms with van der Waals surface area (Å²) in [7, 11) is 0. The van der Waals surface area contributed by atoms with E-state index in [9.17, 15) is 0 Å². The topological polar surface area (TPSA) is 64.9 Å². The molecule has 1 saturated carbocycles. The lowest BCUT2D eigenvalue weighted by atomic mass is 9.97. The van der Waals surface area contributed by atoms with E-state index in [0.717, 1.165) is 6.42 Å². The third-order valence-corrected chi connectivity index (χ3v) is 2.68. The Morgan fingerprint density at radius 2 is 2.31 bits per heavy atom. The first kappa shape index (κ1) is 8.69. The minimum absolute atomic E-state index is 0.392. The van der Waals surface area contributed by atoms with E-state index in [1.165, 1.54) is 12.8 Å². The molecule has 0 aromatic carbocycles. The van der Waals surface area contributed by atoms with E-state index in [1.807, 2.05) is 13.8 Å². The number of hydrogen-bond acceptors (Lipinski definition) is 4. The molecule has 1 aliphatic carbocycles. The molecular formula is C9H15N3O. The summed E-state index contributed by atoms with van der Waals surface area (Å²) in [6, 6.07) is 0. The molecule has 1 unspecified atom stereocenters. The SMILES string of the molecule is CCc1nc(C(C)(N)C2CC2)no1. The molecule has 1 heterocycles. The molecule has 1 aromatic heterocycles. The Morgan fingerprint density at radius 1 is 1.62 bits per heavy atom. The van der Waals surface area contributed by atoms with Gasteiger partial charge in [-0.25, -0.2) is 0 Å². The van der Waals surface area contributed by atoms with Crippen molar-refractivity contribution in [2.45, 2.75) is 38.6 Å². The number of aromatic nitrogens is 2. The van der Waals surface area contributed by atoms with E-state index in [4.69, 9.17) is 10.3 Å². The Morgan fingerprint density at radius 3 is 2.77 bits per heavy atom. The highest BCUT2D eigenvalue weighted by Crippen LogP contribution is 2.42. The van der Waals surface area contributed by atoms with Crippen LogP contribution >= 0.6 is 0 Å². The van der Waals surface area contributed by atoms with Crippen molar-refractivity contribution in [3.8, 4) is 0 Å². The van der Waals surface area contributed by atoms with Crippen LogP contribution in [0.3, 0.4) is 0 Å². The van der Waals surface area contributed by atoms with Crippen molar-refractivity contribution in [1.82, 2.24) is 10.1 Å². The van der Waals surface area contributed by atoms with Gasteiger partial charge in [-0.05, 0) is 25.7 Å². The van der Waals surface area contributed by atoms with Crippen LogP contribution in [0.5, 0.6) is 0 Å². The van der Waals surface area contributed by atoms with Crippen molar-refractivity contribution in [3.05, 3.63) is 11.7 Å². The molecular weight excluding hydrogens is 166 g/mol. The minimum Gasteiger partial charge on any atom is -0.339 e. The Labute approximate surface area is 77.5 Å². The summed E-state index contributed by atoms with van der Waals surface area (Å²) >= 11 is 0. The third-order valence-electron chi connectivity index (χ3n) is 2.68. The summed E-state index contributed by atoms with van der Waals surface area (Å²) in [5.41, 5.74) is 5.73. The number of hydrogen-bond donors (Lipinski definition) is 1. The predicted molar refractivity (Wildman–Crippen MR) is 47.9 cm³/mol. The van der Waals surface area contributed by atoms with Gasteiger partial charge < -0.3 is 10.3 Å². The van der Waals surface area contributed by atoms with E-state index in [2.05, 4.69) is 10.1 Å². The summed E-state index contributed by atoms with van der Waals surface area (Å²) in [5, 5.41) is 3.91. The maximum absolute atomic E-state index is 6.13. The normalized spacial score (nSPS) is 21.5. The summed E-state index contributed by atoms with van der Waals surface area (Å²) in [6.45, 7) is 3.97. The van der Waals surface area contributed by atoms with Gasteiger partial charge in [0.05, 0.1) is 5.54 Å². The van der Waals surface area contributed by atoms with Crippen LogP contribution in [0.15, 0.2) is 4.52 Å². The zero-order valence-corrected chi connectivity index (χ0v) is 8.08. The van der Waals surface area contributed by atoms with Gasteiger partial charge >= 0.3 is 0 Å². The first-order valence-corrected chi connectivity index (χ1v) is 4.76. The highest BCUT2D eigenvalue weighted by atomic mass is 16.5. The van der Waals surface area contributed by atoms with E-state index in [-0.39, 0.29) is 0 Å². The van der Waals surface area contributed by atoms with Crippen LogP contribution in [0, 0.1) is 5.92 Å². The van der Waals surface area contributed by atoms with Crippen LogP contribution < -0.4 is 5.73 Å². The summed E-state index contributed by atoms with van der Waals surface area (Å²) in [6.07, 6.45) is 3.14. The zero-order chi connectivity index (χ0) is 9.47. The first-order valence-electron chi connectivity index (χ1n) is 4.76. The molecule has 13 heavy (non-hydrogen) atoms. The monoisotopic (exact) mass is 181 g/mol. The van der Waals surface area contributed by atoms with Gasteiger partial charge in [0.1, 0.15) is 0 Å². The van der Waals surface area contributed by atoms with Crippen LogP contribution in [0.1, 0.15) is 38.4 Å². The fourth-order valence-corrected chi connectivity index (χ4v) is 1.48. The third kappa shape index (κ3) is 1.46. The minimum atomic E-state index is -0.392. The smallest absolute Gasteiger partial charge is 0.226 e. The van der Waals surface area contributed by atoms with Gasteiger partial charge in [0.15, 0.2) is 5.82 Å². The van der Waals surface area contributed by atoms with Crippen molar-refractivity contribution in [2.75, 3.05) is 0 Å². The molecule has 2 N–H and O–H groups in total. The van der Waals surface area contributed by atoms with Crippen molar-refractivity contribution >= 4 is 0 Å². The Bertz CT molecular complexity index is 302. The van der Waals surface area contributed by atoms with Crippen LogP contribution in [-0.4, -0.2) is 10.1 Å². The number of rotatable bonds is 3. The lowest BCUT2D eigenvalue weighted by Gasteiger charge is -2.18. The Kier molecular flexibility index (Phi) is 1.87. The highest BCUT2D eigenvalue weighted by Gasteiger charge is 2.42. The van der Waals surface area contributed by atoms with Crippen molar-refractivity contribution in [1.29, 1.82) is 0 Å². The highest BCUT2D eigenvalue weighted by molar-refractivity contribution is 5.08. The molecule has 0 spiro atoms. The quantitative estimate of drug-likeness (QED) is 0.761. The zero-order valence-electron chi connectivity index (χ0n) is 8.08. The molecule has 1 aromatic rings. The first-order chi connectivity index (χ1) is 6.14. The second kappa shape index (κ2) is 2.80. The molecule has 2 rings (SSSR count). The van der Waals surface area contributed by atoms with Gasteiger partial charge in [-0.1, -0.05) is 12.1 Å². The second-order valence-corrected chi connectivity index (χ2v) is 3.92. The molecule has 1 aliphatic rings. The van der Waals surface area contributed by atoms with Gasteiger partial charge in [0.25, 0.3) is 0 Å². The standard InChI is InChI=1S/C9H15N3O/c1-3-7-11-8(12-13-7)9(2,10)6-4-5-6/h6H,3-5,10H2,1-2H3. The molecule has 0 amide bonds. The summed E-state index contributed by atoms with van der Waals surface area (Å²) < 4.78 is 5.04. The van der Waals surface area contributed by atoms with Crippen molar-refractivity contribution < 1.29 is 4.52 Å². The predicted octanol–water partition coefficient (Wildman–Crippen LogP) is 1.22. The summed E-state index contributed by atoms with van der Waals surface area (Å²) in [5.74, 6) is 1.87. The van der Waals surface area contributed by atoms with Crippen LogP contribution in [0.25, 0.3) is 0 Å². The number of nitrogens with zero attached hydrogens (tertiary/aromatic N) is 2. The number of nitrogens with two attached hydrogens (primary N) is 1. The average Bonchev–Trinajstić information content (AvgIpc) is 2.84. The van der Waals surface area contributed by atoms with Gasteiger partial charge in [0, 0.05) is 6.42 Å². The fraction of sp³-hybridized carbons (Fsp3) is 0.778. The van der Waals surface area contributed by atoms with E-state index in [1.54, 1.807) is 0 Å². The van der Waals surface area contributed by atoms with Crippen LogP contribution in [0.4, 0.5) is 0 Å². The van der Waals surface area contributed by atoms with Crippen LogP contribution in [-0.2, 0) is 12.0 Å². The summed E-state index contributed by atoms with van der Waals surface area (Å²) in [4.78, 5) is 4.26. The van der Waals surface area contributed by atoms with E-state index >= 15 is 0 Å². The van der Waals surface area contributed by atoms with Crippen LogP contribution in [0.2, 0.25) is 0 Å². The molecule has 0 saturated heterocycles. The Balaban J connectivity index is 2.22. The molecule has 4 nitrogen and oxygen atoms in total. The molecule has 0 bridgehead atoms. The molecule has 1 fully saturated rings. The average molecular weight is 181 g/mol. The van der Waals surface area contributed by atoms with E-state index < -0.39 is 5.54 Å². The maximum Gasteiger partial charge on any atom is 0.226 e. The molecule has 0 aliphatic heterocycles. The fourth-order valence-electron chi connectivity index (χ4n) is 1.48. The molecule has 1 atom stereocenters. The Hall–Kier alpha value is -0.900. The van der Waals surface area contributed by atoms with Crippen molar-refractivity contribution in [2.24, 2.45) is 11.7 Å². The molecule has 72 valence electrons. The second-order valence-electron chi connectivity index (χ2n) is 3.92. The largest absolute Gasteiger partial charge is 0.339 e. The molecule has 0 radical (unpaired) electrons.